The van der Waals surface area contributed by atoms with E-state index in [9.17, 15) is 9.59 Å². The van der Waals surface area contributed by atoms with Crippen molar-refractivity contribution in [2.45, 2.75) is 32.9 Å². The fourth-order valence-electron chi connectivity index (χ4n) is 2.42. The van der Waals surface area contributed by atoms with Gasteiger partial charge in [-0.1, -0.05) is 24.3 Å². The van der Waals surface area contributed by atoms with Gasteiger partial charge >= 0.3 is 6.03 Å². The molecule has 0 aliphatic rings. The Bertz CT molecular complexity index is 775. The van der Waals surface area contributed by atoms with E-state index in [1.807, 2.05) is 26.0 Å². The Hall–Kier alpha value is -3.06. The molecule has 2 aromatic carbocycles. The second-order valence-corrected chi connectivity index (χ2v) is 6.62. The maximum absolute atomic E-state index is 12.3. The average Bonchev–Trinajstić information content (AvgIpc) is 2.68. The van der Waals surface area contributed by atoms with E-state index in [1.165, 1.54) is 0 Å². The topological polar surface area (TPSA) is 105 Å². The largest absolute Gasteiger partial charge is 0.397 e. The minimum Gasteiger partial charge on any atom is -0.397 e. The minimum absolute atomic E-state index is 0.198. The first-order valence-electron chi connectivity index (χ1n) is 9.34. The number of ether oxygens (including phenoxy) is 1. The smallest absolute Gasteiger partial charge is 0.315 e. The number of urea groups is 1. The normalized spacial score (nSPS) is 10.5. The van der Waals surface area contributed by atoms with Crippen LogP contribution in [0.2, 0.25) is 0 Å². The molecule has 0 atom stereocenters. The fourth-order valence-corrected chi connectivity index (χ4v) is 2.42. The van der Waals surface area contributed by atoms with Gasteiger partial charge in [0.25, 0.3) is 5.91 Å². The fraction of sp³-hybridized carbons (Fsp3) is 0.333. The quantitative estimate of drug-likeness (QED) is 0.394. The molecule has 0 bridgehead atoms. The Labute approximate surface area is 165 Å². The molecule has 0 unspecified atom stereocenters. The Morgan fingerprint density at radius 3 is 2.43 bits per heavy atom. The molecule has 28 heavy (non-hydrogen) atoms. The molecule has 5 N–H and O–H groups in total. The van der Waals surface area contributed by atoms with Gasteiger partial charge in [-0.2, -0.15) is 0 Å². The van der Waals surface area contributed by atoms with Crippen molar-refractivity contribution in [3.8, 4) is 0 Å². The second-order valence-electron chi connectivity index (χ2n) is 6.62. The lowest BCUT2D eigenvalue weighted by atomic mass is 10.1. The number of benzene rings is 2. The molecular formula is C21H28N4O3. The van der Waals surface area contributed by atoms with Crippen LogP contribution in [0.25, 0.3) is 0 Å². The standard InChI is InChI=1S/C21H28N4O3/c1-15(2)28-13-5-12-23-21(27)24-14-16-8-10-17(11-9-16)20(26)25-19-7-4-3-6-18(19)22/h3-4,6-11,15H,5,12-14,22H2,1-2H3,(H,25,26)(H2,23,24,27). The van der Waals surface area contributed by atoms with Crippen LogP contribution in [-0.4, -0.2) is 31.2 Å². The van der Waals surface area contributed by atoms with E-state index in [-0.39, 0.29) is 18.0 Å². The van der Waals surface area contributed by atoms with Crippen LogP contribution < -0.4 is 21.7 Å². The summed E-state index contributed by atoms with van der Waals surface area (Å²) < 4.78 is 5.42. The van der Waals surface area contributed by atoms with Crippen molar-refractivity contribution >= 4 is 23.3 Å². The number of carbonyl (C=O) groups excluding carboxylic acids is 2. The van der Waals surface area contributed by atoms with E-state index >= 15 is 0 Å². The number of nitrogens with one attached hydrogen (secondary N) is 3. The lowest BCUT2D eigenvalue weighted by Gasteiger charge is -2.10. The molecule has 0 fully saturated rings. The highest BCUT2D eigenvalue weighted by molar-refractivity contribution is 6.05. The van der Waals surface area contributed by atoms with Crippen molar-refractivity contribution in [2.24, 2.45) is 0 Å². The van der Waals surface area contributed by atoms with Crippen molar-refractivity contribution in [1.82, 2.24) is 10.6 Å². The molecule has 0 spiro atoms. The van der Waals surface area contributed by atoms with Gasteiger partial charge in [-0.3, -0.25) is 4.79 Å². The van der Waals surface area contributed by atoms with Gasteiger partial charge in [0.05, 0.1) is 17.5 Å². The molecule has 0 saturated heterocycles. The van der Waals surface area contributed by atoms with Crippen LogP contribution in [0.15, 0.2) is 48.5 Å². The highest BCUT2D eigenvalue weighted by atomic mass is 16.5. The monoisotopic (exact) mass is 384 g/mol. The van der Waals surface area contributed by atoms with Crippen LogP contribution in [0.4, 0.5) is 16.2 Å². The Morgan fingerprint density at radius 2 is 1.75 bits per heavy atom. The number of nitrogens with two attached hydrogens (primary N) is 1. The summed E-state index contributed by atoms with van der Waals surface area (Å²) >= 11 is 0. The van der Waals surface area contributed by atoms with Gasteiger partial charge in [0.15, 0.2) is 0 Å². The van der Waals surface area contributed by atoms with Gasteiger partial charge in [0.1, 0.15) is 0 Å². The summed E-state index contributed by atoms with van der Waals surface area (Å²) in [6.07, 6.45) is 0.963. The van der Waals surface area contributed by atoms with Crippen molar-refractivity contribution < 1.29 is 14.3 Å². The van der Waals surface area contributed by atoms with Gasteiger partial charge in [-0.25, -0.2) is 4.79 Å². The number of amides is 3. The van der Waals surface area contributed by atoms with Crippen molar-refractivity contribution in [2.75, 3.05) is 24.2 Å². The summed E-state index contributed by atoms with van der Waals surface area (Å²) in [5, 5.41) is 8.35. The number of anilines is 2. The van der Waals surface area contributed by atoms with Crippen LogP contribution in [0.1, 0.15) is 36.2 Å². The number of carbonyl (C=O) groups is 2. The molecule has 0 aliphatic heterocycles. The molecule has 0 saturated carbocycles. The number of rotatable bonds is 9. The molecule has 0 heterocycles. The van der Waals surface area contributed by atoms with Crippen LogP contribution >= 0.6 is 0 Å². The lowest BCUT2D eigenvalue weighted by Crippen LogP contribution is -2.35. The predicted octanol–water partition coefficient (Wildman–Crippen LogP) is 3.14. The highest BCUT2D eigenvalue weighted by Crippen LogP contribution is 2.18. The zero-order valence-electron chi connectivity index (χ0n) is 16.3. The molecule has 0 aliphatic carbocycles. The molecular weight excluding hydrogens is 356 g/mol. The van der Waals surface area contributed by atoms with Crippen molar-refractivity contribution in [3.63, 3.8) is 0 Å². The Morgan fingerprint density at radius 1 is 1.04 bits per heavy atom. The summed E-state index contributed by atoms with van der Waals surface area (Å²) in [7, 11) is 0. The van der Waals surface area contributed by atoms with Crippen LogP contribution in [0.5, 0.6) is 0 Å². The van der Waals surface area contributed by atoms with Gasteiger partial charge in [-0.15, -0.1) is 0 Å². The average molecular weight is 384 g/mol. The highest BCUT2D eigenvalue weighted by Gasteiger charge is 2.08. The molecule has 3 amide bonds. The Kier molecular flexibility index (Phi) is 8.30. The van der Waals surface area contributed by atoms with Crippen molar-refractivity contribution in [3.05, 3.63) is 59.7 Å². The number of para-hydroxylation sites is 2. The SMILES string of the molecule is CC(C)OCCCNC(=O)NCc1ccc(C(=O)Nc2ccccc2N)cc1. The third-order valence-electron chi connectivity index (χ3n) is 3.94. The summed E-state index contributed by atoms with van der Waals surface area (Å²) in [5.74, 6) is -0.237. The predicted molar refractivity (Wildman–Crippen MR) is 111 cm³/mol. The van der Waals surface area contributed by atoms with Crippen molar-refractivity contribution in [1.29, 1.82) is 0 Å². The zero-order valence-corrected chi connectivity index (χ0v) is 16.3. The second kappa shape index (κ2) is 10.9. The summed E-state index contributed by atoms with van der Waals surface area (Å²) in [5.41, 5.74) is 8.34. The number of hydrogen-bond donors (Lipinski definition) is 4. The third-order valence-corrected chi connectivity index (χ3v) is 3.94. The van der Waals surface area contributed by atoms with Crippen LogP contribution in [-0.2, 0) is 11.3 Å². The molecule has 0 radical (unpaired) electrons. The van der Waals surface area contributed by atoms with Crippen LogP contribution in [0.3, 0.4) is 0 Å². The summed E-state index contributed by atoms with van der Waals surface area (Å²) in [4.78, 5) is 24.1. The van der Waals surface area contributed by atoms with E-state index < -0.39 is 0 Å². The van der Waals surface area contributed by atoms with Gasteiger partial charge in [0, 0.05) is 25.3 Å². The van der Waals surface area contributed by atoms with E-state index in [0.717, 1.165) is 12.0 Å². The van der Waals surface area contributed by atoms with Gasteiger partial charge in [0.2, 0.25) is 0 Å². The van der Waals surface area contributed by atoms with Gasteiger partial charge < -0.3 is 26.4 Å². The molecule has 2 rings (SSSR count). The van der Waals surface area contributed by atoms with Crippen LogP contribution in [0, 0.1) is 0 Å². The van der Waals surface area contributed by atoms with E-state index in [4.69, 9.17) is 10.5 Å². The molecule has 150 valence electrons. The first kappa shape index (κ1) is 21.2. The lowest BCUT2D eigenvalue weighted by molar-refractivity contribution is 0.0774. The molecule has 7 heteroatoms. The Balaban J connectivity index is 1.74. The molecule has 7 nitrogen and oxygen atoms in total. The van der Waals surface area contributed by atoms with Gasteiger partial charge in [-0.05, 0) is 50.1 Å². The van der Waals surface area contributed by atoms with E-state index in [1.54, 1.807) is 36.4 Å². The molecule has 0 aromatic heterocycles. The van der Waals surface area contributed by atoms with E-state index in [2.05, 4.69) is 16.0 Å². The maximum atomic E-state index is 12.3. The number of nitrogen functional groups attached to an aromatic ring is 1. The third kappa shape index (κ3) is 7.28. The maximum Gasteiger partial charge on any atom is 0.315 e. The van der Waals surface area contributed by atoms with E-state index in [0.29, 0.717) is 36.6 Å². The summed E-state index contributed by atoms with van der Waals surface area (Å²) in [6.45, 7) is 5.51. The zero-order chi connectivity index (χ0) is 20.4. The molecule has 2 aromatic rings. The first-order chi connectivity index (χ1) is 13.5. The minimum atomic E-state index is -0.237. The first-order valence-corrected chi connectivity index (χ1v) is 9.34. The summed E-state index contributed by atoms with van der Waals surface area (Å²) in [6, 6.07) is 13.9. The number of hydrogen-bond acceptors (Lipinski definition) is 4.